The summed E-state index contributed by atoms with van der Waals surface area (Å²) in [7, 11) is -1.26. The molecule has 0 atom stereocenters. The van der Waals surface area contributed by atoms with Gasteiger partial charge in [0.15, 0.2) is 5.65 Å². The number of hydrogen-bond acceptors (Lipinski definition) is 6. The summed E-state index contributed by atoms with van der Waals surface area (Å²) in [6.45, 7) is 4.33. The Morgan fingerprint density at radius 1 is 1.28 bits per heavy atom. The molecule has 1 aromatic carbocycles. The summed E-state index contributed by atoms with van der Waals surface area (Å²) >= 11 is 3.36. The molecule has 0 aliphatic carbocycles. The molecule has 3 heterocycles. The number of aromatic nitrogens is 5. The number of benzene rings is 1. The van der Waals surface area contributed by atoms with Gasteiger partial charge in [-0.3, -0.25) is 9.89 Å². The van der Waals surface area contributed by atoms with Crippen LogP contribution in [0.25, 0.3) is 28.2 Å². The molecule has 0 fully saturated rings. The highest BCUT2D eigenvalue weighted by atomic mass is 79.9. The average Bonchev–Trinajstić information content (AvgIpc) is 3.46. The lowest BCUT2D eigenvalue weighted by molar-refractivity contribution is -0.0494. The van der Waals surface area contributed by atoms with Crippen molar-refractivity contribution in [3.63, 3.8) is 0 Å². The third-order valence-corrected chi connectivity index (χ3v) is 7.45. The third kappa shape index (κ3) is 6.15. The fourth-order valence-electron chi connectivity index (χ4n) is 3.43. The molecule has 0 bridgehead atoms. The minimum Gasteiger partial charge on any atom is -0.434 e. The normalized spacial score (nSPS) is 11.9. The number of halogens is 3. The number of carbonyl (C=O) groups excluding carboxylic acids is 1. The Bertz CT molecular complexity index is 1360. The molecule has 1 amide bonds. The number of fused-ring (bicyclic) bond motifs is 1. The smallest absolute Gasteiger partial charge is 0.387 e. The molecule has 3 aromatic heterocycles. The highest BCUT2D eigenvalue weighted by Crippen LogP contribution is 2.34. The van der Waals surface area contributed by atoms with Crippen LogP contribution in [0.15, 0.2) is 47.3 Å². The van der Waals surface area contributed by atoms with E-state index in [9.17, 15) is 13.6 Å². The van der Waals surface area contributed by atoms with Crippen LogP contribution >= 0.6 is 15.9 Å². The van der Waals surface area contributed by atoms with Crippen molar-refractivity contribution in [3.05, 3.63) is 52.9 Å². The van der Waals surface area contributed by atoms with Crippen molar-refractivity contribution in [1.82, 2.24) is 30.1 Å². The number of carbonyl (C=O) groups is 1. The number of hydrogen-bond donors (Lipinski definition) is 2. The Kier molecular flexibility index (Phi) is 7.81. The maximum absolute atomic E-state index is 13.3. The molecular weight excluding hydrogens is 554 g/mol. The van der Waals surface area contributed by atoms with Gasteiger partial charge in [0, 0.05) is 42.7 Å². The Morgan fingerprint density at radius 2 is 2.08 bits per heavy atom. The van der Waals surface area contributed by atoms with Gasteiger partial charge >= 0.3 is 6.61 Å². The Hall–Kier alpha value is -3.16. The molecule has 9 nitrogen and oxygen atoms in total. The van der Waals surface area contributed by atoms with Crippen LogP contribution in [-0.4, -0.2) is 58.7 Å². The quantitative estimate of drug-likeness (QED) is 0.152. The molecule has 0 aliphatic heterocycles. The van der Waals surface area contributed by atoms with Crippen molar-refractivity contribution in [3.8, 4) is 28.3 Å². The van der Waals surface area contributed by atoms with Crippen molar-refractivity contribution in [2.45, 2.75) is 32.3 Å². The number of alkyl halides is 2. The first-order valence-corrected chi connectivity index (χ1v) is 15.6. The van der Waals surface area contributed by atoms with E-state index in [1.807, 2.05) is 0 Å². The number of aromatic amines is 1. The summed E-state index contributed by atoms with van der Waals surface area (Å²) in [5.41, 5.74) is 2.07. The fourth-order valence-corrected chi connectivity index (χ4v) is 4.55. The van der Waals surface area contributed by atoms with Crippen LogP contribution in [0.3, 0.4) is 0 Å². The van der Waals surface area contributed by atoms with E-state index in [4.69, 9.17) is 4.74 Å². The molecule has 36 heavy (non-hydrogen) atoms. The van der Waals surface area contributed by atoms with Crippen molar-refractivity contribution < 1.29 is 23.0 Å². The Morgan fingerprint density at radius 3 is 2.78 bits per heavy atom. The summed E-state index contributed by atoms with van der Waals surface area (Å²) < 4.78 is 38.4. The molecule has 4 aromatic rings. The number of amides is 1. The predicted octanol–water partition coefficient (Wildman–Crippen LogP) is 5.19. The molecular formula is C23H25BrF2N6O3Si. The van der Waals surface area contributed by atoms with Crippen LogP contribution in [0.2, 0.25) is 25.7 Å². The summed E-state index contributed by atoms with van der Waals surface area (Å²) in [4.78, 5) is 17.9. The van der Waals surface area contributed by atoms with E-state index in [0.29, 0.717) is 33.6 Å². The molecule has 0 radical (unpaired) electrons. The molecule has 2 N–H and O–H groups in total. The minimum absolute atomic E-state index is 0.0309. The van der Waals surface area contributed by atoms with Crippen molar-refractivity contribution in [2.75, 3.05) is 13.3 Å². The van der Waals surface area contributed by atoms with E-state index in [1.54, 1.807) is 36.8 Å². The van der Waals surface area contributed by atoms with Crippen LogP contribution in [0.4, 0.5) is 8.78 Å². The van der Waals surface area contributed by atoms with Crippen molar-refractivity contribution >= 4 is 35.6 Å². The molecule has 0 aliphatic rings. The van der Waals surface area contributed by atoms with E-state index in [0.717, 1.165) is 6.04 Å². The average molecular weight is 579 g/mol. The predicted molar refractivity (Wildman–Crippen MR) is 137 cm³/mol. The topological polar surface area (TPSA) is 106 Å². The van der Waals surface area contributed by atoms with Gasteiger partial charge in [-0.25, -0.2) is 9.50 Å². The first kappa shape index (κ1) is 25.9. The van der Waals surface area contributed by atoms with Crippen LogP contribution in [0.5, 0.6) is 5.75 Å². The van der Waals surface area contributed by atoms with Gasteiger partial charge in [0.05, 0.1) is 11.9 Å². The third-order valence-electron chi connectivity index (χ3n) is 5.25. The van der Waals surface area contributed by atoms with Gasteiger partial charge in [-0.15, -0.1) is 0 Å². The standard InChI is InChI=1S/C23H25BrF2N6O3Si/c1-36(2,3)9-8-34-13-27-22(33)19-20(14-11-28-29-12-14)31-32-7-6-17(30-21(19)32)16-10-15(24)4-5-18(16)35-23(25)26/h4-7,10-12,23H,8-9,13H2,1-3H3,(H,27,33)(H,28,29). The number of H-pyrrole nitrogens is 1. The second-order valence-electron chi connectivity index (χ2n) is 9.18. The lowest BCUT2D eigenvalue weighted by Crippen LogP contribution is -2.28. The van der Waals surface area contributed by atoms with E-state index < -0.39 is 20.6 Å². The van der Waals surface area contributed by atoms with Crippen LogP contribution in [0.1, 0.15) is 10.4 Å². The first-order chi connectivity index (χ1) is 17.1. The number of nitrogens with one attached hydrogen (secondary N) is 2. The van der Waals surface area contributed by atoms with E-state index in [1.165, 1.54) is 10.6 Å². The fraction of sp³-hybridized carbons (Fsp3) is 0.304. The molecule has 190 valence electrons. The lowest BCUT2D eigenvalue weighted by Gasteiger charge is -2.15. The summed E-state index contributed by atoms with van der Waals surface area (Å²) in [6, 6.07) is 7.23. The second-order valence-corrected chi connectivity index (χ2v) is 15.7. The Labute approximate surface area is 215 Å². The zero-order chi connectivity index (χ0) is 25.9. The minimum atomic E-state index is -3.00. The highest BCUT2D eigenvalue weighted by Gasteiger charge is 2.24. The maximum Gasteiger partial charge on any atom is 0.387 e. The molecule has 0 spiro atoms. The largest absolute Gasteiger partial charge is 0.434 e. The van der Waals surface area contributed by atoms with Crippen LogP contribution < -0.4 is 10.1 Å². The first-order valence-electron chi connectivity index (χ1n) is 11.1. The van der Waals surface area contributed by atoms with Crippen molar-refractivity contribution in [2.24, 2.45) is 0 Å². The number of nitrogens with zero attached hydrogens (tertiary/aromatic N) is 4. The van der Waals surface area contributed by atoms with Gasteiger partial charge in [-0.05, 0) is 30.3 Å². The van der Waals surface area contributed by atoms with Gasteiger partial charge in [0.25, 0.3) is 5.91 Å². The molecule has 13 heteroatoms. The monoisotopic (exact) mass is 578 g/mol. The van der Waals surface area contributed by atoms with Gasteiger partial charge in [0.2, 0.25) is 0 Å². The molecule has 0 saturated heterocycles. The lowest BCUT2D eigenvalue weighted by atomic mass is 10.1. The van der Waals surface area contributed by atoms with E-state index >= 15 is 0 Å². The van der Waals surface area contributed by atoms with Crippen LogP contribution in [-0.2, 0) is 4.74 Å². The van der Waals surface area contributed by atoms with E-state index in [2.05, 4.69) is 65.9 Å². The second kappa shape index (κ2) is 10.8. The maximum atomic E-state index is 13.3. The van der Waals surface area contributed by atoms with Gasteiger partial charge in [-0.2, -0.15) is 19.0 Å². The zero-order valence-electron chi connectivity index (χ0n) is 19.9. The highest BCUT2D eigenvalue weighted by molar-refractivity contribution is 9.10. The zero-order valence-corrected chi connectivity index (χ0v) is 22.5. The number of rotatable bonds is 10. The summed E-state index contributed by atoms with van der Waals surface area (Å²) in [6.07, 6.45) is 4.77. The van der Waals surface area contributed by atoms with Gasteiger partial charge in [0.1, 0.15) is 23.7 Å². The van der Waals surface area contributed by atoms with Gasteiger partial charge < -0.3 is 14.8 Å². The van der Waals surface area contributed by atoms with Gasteiger partial charge in [-0.1, -0.05) is 35.6 Å². The van der Waals surface area contributed by atoms with Crippen LogP contribution in [0, 0.1) is 0 Å². The van der Waals surface area contributed by atoms with E-state index in [-0.39, 0.29) is 23.7 Å². The summed E-state index contributed by atoms with van der Waals surface area (Å²) in [5, 5.41) is 14.0. The van der Waals surface area contributed by atoms with Crippen molar-refractivity contribution in [1.29, 1.82) is 0 Å². The molecule has 0 unspecified atom stereocenters. The summed E-state index contributed by atoms with van der Waals surface area (Å²) in [5.74, 6) is -0.474. The SMILES string of the molecule is C[Si](C)(C)CCOCNC(=O)c1c(-c2cn[nH]c2)nn2ccc(-c3cc(Br)ccc3OC(F)F)nc12. The molecule has 0 saturated carbocycles. The number of ether oxygens (including phenoxy) is 2. The Balaban J connectivity index is 1.71. The molecule has 4 rings (SSSR count).